The van der Waals surface area contributed by atoms with E-state index in [-0.39, 0.29) is 0 Å². The van der Waals surface area contributed by atoms with E-state index in [4.69, 9.17) is 0 Å². The van der Waals surface area contributed by atoms with E-state index in [0.29, 0.717) is 5.13 Å². The molecular formula is C27H30N6S2. The number of hydrogen-bond acceptors (Lipinski definition) is 8. The largest absolute Gasteiger partial charge is 0.363 e. The maximum Gasteiger partial charge on any atom is 0.230 e. The normalized spacial score (nSPS) is 13.6. The summed E-state index contributed by atoms with van der Waals surface area (Å²) in [5.41, 5.74) is 6.31. The summed E-state index contributed by atoms with van der Waals surface area (Å²) in [7, 11) is 0. The van der Waals surface area contributed by atoms with E-state index in [1.807, 2.05) is 29.7 Å². The highest BCUT2D eigenvalue weighted by molar-refractivity contribution is 7.20. The van der Waals surface area contributed by atoms with E-state index in [9.17, 15) is 0 Å². The van der Waals surface area contributed by atoms with Gasteiger partial charge in [-0.1, -0.05) is 18.3 Å². The molecule has 0 unspecified atom stereocenters. The number of rotatable bonds is 8. The van der Waals surface area contributed by atoms with Crippen molar-refractivity contribution in [2.24, 2.45) is 10.2 Å². The minimum absolute atomic E-state index is 0.697. The molecule has 1 aliphatic heterocycles. The second-order valence-corrected chi connectivity index (χ2v) is 10.9. The molecule has 1 saturated heterocycles. The van der Waals surface area contributed by atoms with Crippen LogP contribution in [0, 0.1) is 13.8 Å². The van der Waals surface area contributed by atoms with Crippen molar-refractivity contribution in [2.45, 2.75) is 40.0 Å². The summed E-state index contributed by atoms with van der Waals surface area (Å²) >= 11 is 3.41. The van der Waals surface area contributed by atoms with Crippen LogP contribution in [0.4, 0.5) is 37.9 Å². The molecule has 180 valence electrons. The zero-order valence-corrected chi connectivity index (χ0v) is 22.0. The van der Waals surface area contributed by atoms with Gasteiger partial charge in [-0.3, -0.25) is 0 Å². The first-order chi connectivity index (χ1) is 17.1. The molecule has 0 saturated carbocycles. The Bertz CT molecular complexity index is 1330. The molecule has 0 atom stereocenters. The van der Waals surface area contributed by atoms with Gasteiger partial charge in [0, 0.05) is 41.2 Å². The van der Waals surface area contributed by atoms with Gasteiger partial charge in [-0.2, -0.15) is 0 Å². The van der Waals surface area contributed by atoms with Crippen LogP contribution in [0.1, 0.15) is 35.8 Å². The van der Waals surface area contributed by atoms with E-state index >= 15 is 0 Å². The molecule has 6 nitrogen and oxygen atoms in total. The van der Waals surface area contributed by atoms with Crippen LogP contribution in [0.15, 0.2) is 65.0 Å². The Hall–Kier alpha value is -3.23. The SMILES string of the molecule is CCc1cnc(N=Nc2ccc(Nc3ccc(Nc4ccc(N5CCCC5)s4)cc3C)cc2C)s1. The molecule has 0 bridgehead atoms. The lowest BCUT2D eigenvalue weighted by atomic mass is 10.1. The van der Waals surface area contributed by atoms with Crippen molar-refractivity contribution in [1.82, 2.24) is 4.98 Å². The number of nitrogens with zero attached hydrogens (tertiary/aromatic N) is 4. The van der Waals surface area contributed by atoms with Crippen molar-refractivity contribution in [3.8, 4) is 0 Å². The van der Waals surface area contributed by atoms with Gasteiger partial charge < -0.3 is 15.5 Å². The van der Waals surface area contributed by atoms with Gasteiger partial charge in [-0.25, -0.2) is 4.98 Å². The van der Waals surface area contributed by atoms with Crippen molar-refractivity contribution < 1.29 is 0 Å². The van der Waals surface area contributed by atoms with Gasteiger partial charge in [0.25, 0.3) is 0 Å². The lowest BCUT2D eigenvalue weighted by Crippen LogP contribution is -2.15. The number of benzene rings is 2. The zero-order valence-electron chi connectivity index (χ0n) is 20.3. The maximum atomic E-state index is 4.40. The Kier molecular flexibility index (Phi) is 7.11. The number of azo groups is 1. The van der Waals surface area contributed by atoms with Gasteiger partial charge in [0.1, 0.15) is 0 Å². The van der Waals surface area contributed by atoms with E-state index in [1.54, 1.807) is 11.3 Å². The highest BCUT2D eigenvalue weighted by Gasteiger charge is 2.14. The third-order valence-corrected chi connectivity index (χ3v) is 8.20. The van der Waals surface area contributed by atoms with Crippen LogP contribution in [-0.4, -0.2) is 18.1 Å². The minimum Gasteiger partial charge on any atom is -0.363 e. The molecule has 1 aliphatic rings. The smallest absolute Gasteiger partial charge is 0.230 e. The van der Waals surface area contributed by atoms with Gasteiger partial charge in [0.05, 0.1) is 15.7 Å². The van der Waals surface area contributed by atoms with Gasteiger partial charge in [0.15, 0.2) is 0 Å². The Morgan fingerprint density at radius 2 is 1.66 bits per heavy atom. The van der Waals surface area contributed by atoms with E-state index in [1.165, 1.54) is 46.4 Å². The molecule has 0 radical (unpaired) electrons. The summed E-state index contributed by atoms with van der Waals surface area (Å²) in [6.45, 7) is 8.65. The van der Waals surface area contributed by atoms with Gasteiger partial charge in [-0.15, -0.1) is 21.6 Å². The first kappa shape index (κ1) is 23.5. The average molecular weight is 503 g/mol. The van der Waals surface area contributed by atoms with Crippen LogP contribution in [0.3, 0.4) is 0 Å². The summed E-state index contributed by atoms with van der Waals surface area (Å²) in [5, 5.41) is 19.0. The summed E-state index contributed by atoms with van der Waals surface area (Å²) in [5.74, 6) is 0. The maximum absolute atomic E-state index is 4.40. The summed E-state index contributed by atoms with van der Waals surface area (Å²) in [6.07, 6.45) is 5.44. The molecule has 35 heavy (non-hydrogen) atoms. The lowest BCUT2D eigenvalue weighted by molar-refractivity contribution is 0.949. The average Bonchev–Trinajstić information content (AvgIpc) is 3.62. The Labute approximate surface area is 214 Å². The minimum atomic E-state index is 0.697. The number of hydrogen-bond donors (Lipinski definition) is 2. The third-order valence-electron chi connectivity index (χ3n) is 6.11. The molecule has 2 N–H and O–H groups in total. The molecule has 1 fully saturated rings. The molecule has 8 heteroatoms. The summed E-state index contributed by atoms with van der Waals surface area (Å²) in [6, 6.07) is 17.0. The quantitative estimate of drug-likeness (QED) is 0.236. The molecule has 4 aromatic rings. The van der Waals surface area contributed by atoms with Crippen LogP contribution in [-0.2, 0) is 6.42 Å². The molecule has 5 rings (SSSR count). The second-order valence-electron chi connectivity index (χ2n) is 8.78. The molecular weight excluding hydrogens is 472 g/mol. The topological polar surface area (TPSA) is 64.9 Å². The van der Waals surface area contributed by atoms with E-state index in [0.717, 1.165) is 34.7 Å². The van der Waals surface area contributed by atoms with Crippen molar-refractivity contribution in [2.75, 3.05) is 28.6 Å². The summed E-state index contributed by atoms with van der Waals surface area (Å²) in [4.78, 5) is 8.00. The zero-order chi connectivity index (χ0) is 24.2. The monoisotopic (exact) mass is 502 g/mol. The van der Waals surface area contributed by atoms with Gasteiger partial charge in [-0.05, 0) is 92.8 Å². The number of nitrogens with one attached hydrogen (secondary N) is 2. The van der Waals surface area contributed by atoms with E-state index in [2.05, 4.69) is 87.9 Å². The fraction of sp³-hybridized carbons (Fsp3) is 0.296. The molecule has 2 aromatic carbocycles. The predicted molar refractivity (Wildman–Crippen MR) is 150 cm³/mol. The van der Waals surface area contributed by atoms with Crippen LogP contribution in [0.25, 0.3) is 0 Å². The van der Waals surface area contributed by atoms with E-state index < -0.39 is 0 Å². The molecule has 0 aliphatic carbocycles. The number of thiazole rings is 1. The van der Waals surface area contributed by atoms with Crippen molar-refractivity contribution >= 4 is 60.6 Å². The highest BCUT2D eigenvalue weighted by Crippen LogP contribution is 2.35. The molecule has 3 heterocycles. The van der Waals surface area contributed by atoms with Crippen LogP contribution in [0.5, 0.6) is 0 Å². The number of aromatic nitrogens is 1. The standard InChI is InChI=1S/C27H30N6S2/c1-4-22-17-28-27(34-22)32-31-24-10-8-20(16-19(24)3)29-23-9-7-21(15-18(23)2)30-25-11-12-26(35-25)33-13-5-6-14-33/h7-12,15-17,29-30H,4-6,13-14H2,1-3H3. The Morgan fingerprint density at radius 1 is 0.886 bits per heavy atom. The van der Waals surface area contributed by atoms with Crippen LogP contribution in [0.2, 0.25) is 0 Å². The second kappa shape index (κ2) is 10.6. The fourth-order valence-corrected chi connectivity index (χ4v) is 5.78. The van der Waals surface area contributed by atoms with Crippen LogP contribution < -0.4 is 15.5 Å². The molecule has 0 spiro atoms. The predicted octanol–water partition coefficient (Wildman–Crippen LogP) is 8.89. The first-order valence-electron chi connectivity index (χ1n) is 12.0. The molecule has 0 amide bonds. The Balaban J connectivity index is 1.23. The fourth-order valence-electron chi connectivity index (χ4n) is 4.13. The summed E-state index contributed by atoms with van der Waals surface area (Å²) < 4.78 is 0. The van der Waals surface area contributed by atoms with Crippen molar-refractivity contribution in [1.29, 1.82) is 0 Å². The molecule has 2 aromatic heterocycles. The highest BCUT2D eigenvalue weighted by atomic mass is 32.1. The van der Waals surface area contributed by atoms with Crippen LogP contribution >= 0.6 is 22.7 Å². The van der Waals surface area contributed by atoms with Crippen molar-refractivity contribution in [3.05, 3.63) is 70.7 Å². The third kappa shape index (κ3) is 5.71. The number of thiophene rings is 1. The number of aryl methyl sites for hydroxylation is 3. The van der Waals surface area contributed by atoms with Gasteiger partial charge in [0.2, 0.25) is 5.13 Å². The first-order valence-corrected chi connectivity index (χ1v) is 13.7. The number of anilines is 5. The van der Waals surface area contributed by atoms with Gasteiger partial charge >= 0.3 is 0 Å². The van der Waals surface area contributed by atoms with Crippen molar-refractivity contribution in [3.63, 3.8) is 0 Å². The lowest BCUT2D eigenvalue weighted by Gasteiger charge is -2.14. The Morgan fingerprint density at radius 3 is 2.40 bits per heavy atom.